The van der Waals surface area contributed by atoms with Crippen molar-refractivity contribution in [1.29, 1.82) is 0 Å². The number of methoxy groups -OCH3 is 1. The van der Waals surface area contributed by atoms with Gasteiger partial charge in [0, 0.05) is 0 Å². The molecule has 5 heteroatoms. The van der Waals surface area contributed by atoms with E-state index < -0.39 is 4.92 Å². The van der Waals surface area contributed by atoms with Crippen LogP contribution >= 0.6 is 0 Å². The number of rotatable bonds is 3. The second-order valence-corrected chi connectivity index (χ2v) is 2.38. The van der Waals surface area contributed by atoms with Crippen LogP contribution in [0.3, 0.4) is 0 Å². The van der Waals surface area contributed by atoms with Crippen LogP contribution in [0.15, 0.2) is 18.2 Å². The molecule has 1 aromatic rings. The average molecular weight is 183 g/mol. The molecule has 0 unspecified atom stereocenters. The van der Waals surface area contributed by atoms with E-state index in [-0.39, 0.29) is 23.6 Å². The summed E-state index contributed by atoms with van der Waals surface area (Å²) in [5, 5.41) is 19.4. The fourth-order valence-corrected chi connectivity index (χ4v) is 1.07. The van der Waals surface area contributed by atoms with Crippen LogP contribution in [-0.2, 0) is 6.61 Å². The van der Waals surface area contributed by atoms with Crippen molar-refractivity contribution in [3.63, 3.8) is 0 Å². The summed E-state index contributed by atoms with van der Waals surface area (Å²) in [7, 11) is 1.35. The molecule has 1 rings (SSSR count). The highest BCUT2D eigenvalue weighted by atomic mass is 16.6. The zero-order valence-electron chi connectivity index (χ0n) is 7.06. The SMILES string of the molecule is COc1cccc(CO)c1[N+](=O)[O-]. The minimum Gasteiger partial charge on any atom is -0.490 e. The highest BCUT2D eigenvalue weighted by Gasteiger charge is 2.18. The molecule has 0 saturated heterocycles. The summed E-state index contributed by atoms with van der Waals surface area (Å²) in [4.78, 5) is 10.0. The van der Waals surface area contributed by atoms with Crippen molar-refractivity contribution in [2.24, 2.45) is 0 Å². The quantitative estimate of drug-likeness (QED) is 0.562. The molecule has 13 heavy (non-hydrogen) atoms. The van der Waals surface area contributed by atoms with E-state index in [2.05, 4.69) is 0 Å². The van der Waals surface area contributed by atoms with Gasteiger partial charge in [-0.1, -0.05) is 6.07 Å². The molecule has 70 valence electrons. The summed E-state index contributed by atoms with van der Waals surface area (Å²) in [5.41, 5.74) is 0.0804. The van der Waals surface area contributed by atoms with Gasteiger partial charge in [-0.3, -0.25) is 10.1 Å². The molecule has 0 bridgehead atoms. The molecule has 0 radical (unpaired) electrons. The minimum atomic E-state index is -0.565. The van der Waals surface area contributed by atoms with Crippen LogP contribution in [0.25, 0.3) is 0 Å². The smallest absolute Gasteiger partial charge is 0.316 e. The van der Waals surface area contributed by atoms with Crippen molar-refractivity contribution in [2.45, 2.75) is 6.61 Å². The van der Waals surface area contributed by atoms with Gasteiger partial charge in [0.1, 0.15) is 0 Å². The van der Waals surface area contributed by atoms with Gasteiger partial charge in [-0.2, -0.15) is 0 Å². The van der Waals surface area contributed by atoms with Gasteiger partial charge < -0.3 is 9.84 Å². The number of benzene rings is 1. The molecule has 0 aliphatic carbocycles. The maximum atomic E-state index is 10.6. The number of ether oxygens (including phenoxy) is 1. The van der Waals surface area contributed by atoms with Gasteiger partial charge in [-0.25, -0.2) is 0 Å². The van der Waals surface area contributed by atoms with E-state index in [4.69, 9.17) is 9.84 Å². The molecule has 0 aliphatic rings. The summed E-state index contributed by atoms with van der Waals surface area (Å²) < 4.78 is 4.80. The Labute approximate surface area is 74.7 Å². The molecular weight excluding hydrogens is 174 g/mol. The zero-order chi connectivity index (χ0) is 9.84. The molecule has 0 fully saturated rings. The molecule has 0 amide bonds. The first kappa shape index (κ1) is 9.47. The first-order valence-electron chi connectivity index (χ1n) is 3.61. The second-order valence-electron chi connectivity index (χ2n) is 2.38. The van der Waals surface area contributed by atoms with Crippen molar-refractivity contribution in [3.8, 4) is 5.75 Å². The van der Waals surface area contributed by atoms with Gasteiger partial charge in [0.25, 0.3) is 0 Å². The maximum Gasteiger partial charge on any atom is 0.316 e. The normalized spacial score (nSPS) is 9.69. The van der Waals surface area contributed by atoms with Crippen LogP contribution in [0, 0.1) is 10.1 Å². The molecule has 0 aliphatic heterocycles. The third-order valence-corrected chi connectivity index (χ3v) is 1.66. The van der Waals surface area contributed by atoms with E-state index in [1.807, 2.05) is 0 Å². The van der Waals surface area contributed by atoms with Gasteiger partial charge in [0.05, 0.1) is 24.2 Å². The van der Waals surface area contributed by atoms with Crippen LogP contribution in [0.2, 0.25) is 0 Å². The fourth-order valence-electron chi connectivity index (χ4n) is 1.07. The Bertz CT molecular complexity index is 302. The highest BCUT2D eigenvalue weighted by Crippen LogP contribution is 2.30. The minimum absolute atomic E-state index is 0.163. The maximum absolute atomic E-state index is 10.6. The molecular formula is C8H9NO4. The highest BCUT2D eigenvalue weighted by molar-refractivity contribution is 5.52. The van der Waals surface area contributed by atoms with Crippen molar-refractivity contribution in [3.05, 3.63) is 33.9 Å². The lowest BCUT2D eigenvalue weighted by Crippen LogP contribution is -1.98. The summed E-state index contributed by atoms with van der Waals surface area (Å²) in [6.45, 7) is -0.368. The van der Waals surface area contributed by atoms with Crippen molar-refractivity contribution in [2.75, 3.05) is 7.11 Å². The third kappa shape index (κ3) is 1.75. The molecule has 0 aromatic heterocycles. The van der Waals surface area contributed by atoms with E-state index in [0.29, 0.717) is 0 Å². The second kappa shape index (κ2) is 3.86. The molecule has 1 aromatic carbocycles. The Kier molecular flexibility index (Phi) is 2.81. The van der Waals surface area contributed by atoms with Gasteiger partial charge in [0.2, 0.25) is 0 Å². The number of para-hydroxylation sites is 1. The Morgan fingerprint density at radius 2 is 2.31 bits per heavy atom. The van der Waals surface area contributed by atoms with Crippen LogP contribution in [0.4, 0.5) is 5.69 Å². The van der Waals surface area contributed by atoms with E-state index >= 15 is 0 Å². The Balaban J connectivity index is 3.29. The van der Waals surface area contributed by atoms with Crippen LogP contribution in [0.1, 0.15) is 5.56 Å². The van der Waals surface area contributed by atoms with E-state index in [1.54, 1.807) is 6.07 Å². The first-order valence-corrected chi connectivity index (χ1v) is 3.61. The number of aliphatic hydroxyl groups excluding tert-OH is 1. The summed E-state index contributed by atoms with van der Waals surface area (Å²) in [5.74, 6) is 0.163. The van der Waals surface area contributed by atoms with Crippen molar-refractivity contribution in [1.82, 2.24) is 0 Å². The molecule has 5 nitrogen and oxygen atoms in total. The fraction of sp³-hybridized carbons (Fsp3) is 0.250. The van der Waals surface area contributed by atoms with Crippen LogP contribution in [0.5, 0.6) is 5.75 Å². The number of hydrogen-bond acceptors (Lipinski definition) is 4. The topological polar surface area (TPSA) is 72.6 Å². The van der Waals surface area contributed by atoms with Crippen LogP contribution < -0.4 is 4.74 Å². The molecule has 1 N–H and O–H groups in total. The standard InChI is InChI=1S/C8H9NO4/c1-13-7-4-2-3-6(5-10)8(7)9(11)12/h2-4,10H,5H2,1H3. The monoisotopic (exact) mass is 183 g/mol. The van der Waals surface area contributed by atoms with E-state index in [9.17, 15) is 10.1 Å². The Hall–Kier alpha value is -1.62. The summed E-state index contributed by atoms with van der Waals surface area (Å²) in [6.07, 6.45) is 0. The van der Waals surface area contributed by atoms with Crippen LogP contribution in [-0.4, -0.2) is 17.1 Å². The van der Waals surface area contributed by atoms with Gasteiger partial charge in [-0.15, -0.1) is 0 Å². The third-order valence-electron chi connectivity index (χ3n) is 1.66. The number of hydrogen-bond donors (Lipinski definition) is 1. The summed E-state index contributed by atoms with van der Waals surface area (Å²) >= 11 is 0. The average Bonchev–Trinajstić information content (AvgIpc) is 2.16. The molecule has 0 atom stereocenters. The van der Waals surface area contributed by atoms with Crippen molar-refractivity contribution >= 4 is 5.69 Å². The number of nitro benzene ring substituents is 1. The lowest BCUT2D eigenvalue weighted by Gasteiger charge is -2.03. The number of aliphatic hydroxyl groups is 1. The predicted molar refractivity (Wildman–Crippen MR) is 45.6 cm³/mol. The zero-order valence-corrected chi connectivity index (χ0v) is 7.06. The Morgan fingerprint density at radius 3 is 2.77 bits per heavy atom. The largest absolute Gasteiger partial charge is 0.490 e. The first-order chi connectivity index (χ1) is 6.20. The van der Waals surface area contributed by atoms with Gasteiger partial charge in [-0.05, 0) is 12.1 Å². The van der Waals surface area contributed by atoms with Gasteiger partial charge in [0.15, 0.2) is 5.75 Å². The molecule has 0 spiro atoms. The lowest BCUT2D eigenvalue weighted by molar-refractivity contribution is -0.386. The predicted octanol–water partition coefficient (Wildman–Crippen LogP) is 1.10. The molecule has 0 heterocycles. The number of nitrogens with zero attached hydrogens (tertiary/aromatic N) is 1. The van der Waals surface area contributed by atoms with E-state index in [0.717, 1.165) is 0 Å². The molecule has 0 saturated carbocycles. The van der Waals surface area contributed by atoms with Gasteiger partial charge >= 0.3 is 5.69 Å². The van der Waals surface area contributed by atoms with E-state index in [1.165, 1.54) is 19.2 Å². The Morgan fingerprint density at radius 1 is 1.62 bits per heavy atom. The summed E-state index contributed by atoms with van der Waals surface area (Å²) in [6, 6.07) is 4.56. The lowest BCUT2D eigenvalue weighted by atomic mass is 10.2. The van der Waals surface area contributed by atoms with Crippen molar-refractivity contribution < 1.29 is 14.8 Å². The number of nitro groups is 1.